The highest BCUT2D eigenvalue weighted by molar-refractivity contribution is 6.02. The fourth-order valence-electron chi connectivity index (χ4n) is 4.04. The maximum absolute atomic E-state index is 12.6. The first-order chi connectivity index (χ1) is 16.6. The average molecular weight is 457 g/mol. The number of imidazole rings is 1. The van der Waals surface area contributed by atoms with Gasteiger partial charge in [-0.3, -0.25) is 4.57 Å². The fraction of sp³-hybridized carbons (Fsp3) is 0.208. The number of methoxy groups -OCH3 is 1. The molecule has 10 nitrogen and oxygen atoms in total. The van der Waals surface area contributed by atoms with Crippen LogP contribution in [0.3, 0.4) is 0 Å². The molecule has 0 aliphatic carbocycles. The van der Waals surface area contributed by atoms with Gasteiger partial charge in [-0.15, -0.1) is 5.10 Å². The summed E-state index contributed by atoms with van der Waals surface area (Å²) >= 11 is 0. The lowest BCUT2D eigenvalue weighted by atomic mass is 10.1. The summed E-state index contributed by atoms with van der Waals surface area (Å²) in [6.45, 7) is 4.58. The van der Waals surface area contributed by atoms with E-state index in [1.165, 1.54) is 0 Å². The Hall–Kier alpha value is -4.47. The molecule has 0 amide bonds. The van der Waals surface area contributed by atoms with Crippen molar-refractivity contribution in [1.82, 2.24) is 34.7 Å². The van der Waals surface area contributed by atoms with Crippen LogP contribution in [0.5, 0.6) is 6.01 Å². The minimum absolute atomic E-state index is 0.299. The normalized spacial score (nSPS) is 11.1. The molecule has 0 atom stereocenters. The lowest BCUT2D eigenvalue weighted by Crippen LogP contribution is -2.09. The lowest BCUT2D eigenvalue weighted by Gasteiger charge is -2.12. The third kappa shape index (κ3) is 3.79. The van der Waals surface area contributed by atoms with Crippen LogP contribution in [0, 0.1) is 6.92 Å². The van der Waals surface area contributed by atoms with Crippen LogP contribution in [0.4, 0.5) is 0 Å². The minimum Gasteiger partial charge on any atom is -0.468 e. The number of aromatic nitrogens is 7. The Morgan fingerprint density at radius 1 is 1.15 bits per heavy atom. The van der Waals surface area contributed by atoms with Crippen molar-refractivity contribution in [2.45, 2.75) is 20.4 Å². The van der Waals surface area contributed by atoms with Gasteiger partial charge in [0.05, 0.1) is 42.6 Å². The van der Waals surface area contributed by atoms with E-state index in [1.54, 1.807) is 26.2 Å². The predicted octanol–water partition coefficient (Wildman–Crippen LogP) is 3.55. The van der Waals surface area contributed by atoms with Crippen LogP contribution in [0.2, 0.25) is 0 Å². The quantitative estimate of drug-likeness (QED) is 0.372. The van der Waals surface area contributed by atoms with Crippen LogP contribution in [0.1, 0.15) is 28.4 Å². The van der Waals surface area contributed by atoms with Gasteiger partial charge in [0.25, 0.3) is 6.01 Å². The van der Waals surface area contributed by atoms with E-state index in [0.717, 1.165) is 22.5 Å². The number of fused-ring (bicyclic) bond motifs is 1. The van der Waals surface area contributed by atoms with E-state index in [-0.39, 0.29) is 5.97 Å². The molecule has 5 aromatic rings. The zero-order valence-electron chi connectivity index (χ0n) is 19.0. The SMILES string of the molecule is CCOC(=O)c1cccc2nc(OC)n(Cc3ccc(-n4cc(C)cc4-c4nnn[nH]4)cc3)c12. The van der Waals surface area contributed by atoms with Crippen LogP contribution in [-0.4, -0.2) is 54.4 Å². The number of nitrogens with zero attached hydrogens (tertiary/aromatic N) is 6. The van der Waals surface area contributed by atoms with E-state index in [0.29, 0.717) is 41.6 Å². The monoisotopic (exact) mass is 457 g/mol. The molecular formula is C24H23N7O3. The van der Waals surface area contributed by atoms with Gasteiger partial charge in [-0.05, 0) is 65.7 Å². The van der Waals surface area contributed by atoms with E-state index in [2.05, 4.69) is 25.6 Å². The summed E-state index contributed by atoms with van der Waals surface area (Å²) in [4.78, 5) is 17.1. The maximum Gasteiger partial charge on any atom is 0.340 e. The van der Waals surface area contributed by atoms with Gasteiger partial charge in [0.2, 0.25) is 0 Å². The molecule has 0 aliphatic rings. The minimum atomic E-state index is -0.385. The number of nitrogens with one attached hydrogen (secondary N) is 1. The van der Waals surface area contributed by atoms with Crippen LogP contribution in [0.15, 0.2) is 54.7 Å². The summed E-state index contributed by atoms with van der Waals surface area (Å²) in [6, 6.07) is 16.0. The number of hydrogen-bond donors (Lipinski definition) is 1. The summed E-state index contributed by atoms with van der Waals surface area (Å²) in [6.07, 6.45) is 2.03. The third-order valence-corrected chi connectivity index (χ3v) is 5.51. The zero-order valence-corrected chi connectivity index (χ0v) is 19.0. The van der Waals surface area contributed by atoms with Crippen molar-refractivity contribution in [3.05, 3.63) is 71.4 Å². The molecule has 3 heterocycles. The Bertz CT molecular complexity index is 1450. The molecule has 0 radical (unpaired) electrons. The lowest BCUT2D eigenvalue weighted by molar-refractivity contribution is 0.0528. The Kier molecular flexibility index (Phi) is 5.54. The van der Waals surface area contributed by atoms with Crippen LogP contribution in [-0.2, 0) is 11.3 Å². The molecule has 172 valence electrons. The zero-order chi connectivity index (χ0) is 23.7. The molecule has 0 aliphatic heterocycles. The number of carbonyl (C=O) groups is 1. The standard InChI is InChI=1S/C24H23N7O3/c1-4-34-23(32)18-6-5-7-19-21(18)31(24(25-19)33-3)14-16-8-10-17(11-9-16)30-13-15(2)12-20(30)22-26-28-29-27-22/h5-13H,4,14H2,1-3H3,(H,26,27,28,29). The van der Waals surface area contributed by atoms with Gasteiger partial charge in [-0.2, -0.15) is 4.98 Å². The van der Waals surface area contributed by atoms with Crippen LogP contribution < -0.4 is 4.74 Å². The van der Waals surface area contributed by atoms with Gasteiger partial charge in [-0.1, -0.05) is 18.2 Å². The van der Waals surface area contributed by atoms with Crippen molar-refractivity contribution >= 4 is 17.0 Å². The number of hydrogen-bond acceptors (Lipinski definition) is 7. The van der Waals surface area contributed by atoms with Gasteiger partial charge in [0.15, 0.2) is 5.82 Å². The molecule has 5 rings (SSSR count). The number of ether oxygens (including phenoxy) is 2. The van der Waals surface area contributed by atoms with Crippen molar-refractivity contribution in [2.75, 3.05) is 13.7 Å². The van der Waals surface area contributed by atoms with Gasteiger partial charge < -0.3 is 14.0 Å². The molecule has 0 bridgehead atoms. The number of aromatic amines is 1. The second-order valence-corrected chi connectivity index (χ2v) is 7.77. The second-order valence-electron chi connectivity index (χ2n) is 7.77. The van der Waals surface area contributed by atoms with Crippen molar-refractivity contribution in [3.63, 3.8) is 0 Å². The number of esters is 1. The summed E-state index contributed by atoms with van der Waals surface area (Å²) in [5, 5.41) is 14.2. The Morgan fingerprint density at radius 3 is 2.68 bits per heavy atom. The molecule has 1 N–H and O–H groups in total. The third-order valence-electron chi connectivity index (χ3n) is 5.51. The largest absolute Gasteiger partial charge is 0.468 e. The van der Waals surface area contributed by atoms with E-state index < -0.39 is 0 Å². The second kappa shape index (κ2) is 8.81. The number of aryl methyl sites for hydroxylation is 1. The van der Waals surface area contributed by atoms with Crippen molar-refractivity contribution in [1.29, 1.82) is 0 Å². The van der Waals surface area contributed by atoms with Gasteiger partial charge in [-0.25, -0.2) is 9.89 Å². The Morgan fingerprint density at radius 2 is 1.97 bits per heavy atom. The van der Waals surface area contributed by atoms with Gasteiger partial charge in [0, 0.05) is 11.9 Å². The molecule has 0 saturated heterocycles. The highest BCUT2D eigenvalue weighted by atomic mass is 16.5. The molecule has 0 fully saturated rings. The van der Waals surface area contributed by atoms with Gasteiger partial charge in [0.1, 0.15) is 0 Å². The molecule has 3 aromatic heterocycles. The first-order valence-corrected chi connectivity index (χ1v) is 10.8. The van der Waals surface area contributed by atoms with Crippen LogP contribution in [0.25, 0.3) is 28.2 Å². The molecular weight excluding hydrogens is 434 g/mol. The first kappa shape index (κ1) is 21.4. The number of tetrazole rings is 1. The highest BCUT2D eigenvalue weighted by Crippen LogP contribution is 2.28. The Balaban J connectivity index is 1.51. The number of carbonyl (C=O) groups excluding carboxylic acids is 1. The summed E-state index contributed by atoms with van der Waals surface area (Å²) in [5.41, 5.74) is 5.77. The number of benzene rings is 2. The summed E-state index contributed by atoms with van der Waals surface area (Å²) in [5.74, 6) is 0.211. The molecule has 34 heavy (non-hydrogen) atoms. The van der Waals surface area contributed by atoms with Crippen LogP contribution >= 0.6 is 0 Å². The topological polar surface area (TPSA) is 113 Å². The Labute approximate surface area is 195 Å². The summed E-state index contributed by atoms with van der Waals surface area (Å²) in [7, 11) is 1.57. The van der Waals surface area contributed by atoms with E-state index in [1.807, 2.05) is 58.7 Å². The van der Waals surface area contributed by atoms with E-state index in [9.17, 15) is 4.79 Å². The molecule has 2 aromatic carbocycles. The van der Waals surface area contributed by atoms with E-state index >= 15 is 0 Å². The number of rotatable bonds is 7. The van der Waals surface area contributed by atoms with Crippen molar-refractivity contribution in [2.24, 2.45) is 0 Å². The highest BCUT2D eigenvalue weighted by Gasteiger charge is 2.20. The molecule has 0 spiro atoms. The molecule has 0 unspecified atom stereocenters. The fourth-order valence-corrected chi connectivity index (χ4v) is 4.04. The van der Waals surface area contributed by atoms with Gasteiger partial charge >= 0.3 is 5.97 Å². The smallest absolute Gasteiger partial charge is 0.340 e. The number of H-pyrrole nitrogens is 1. The summed E-state index contributed by atoms with van der Waals surface area (Å²) < 4.78 is 14.7. The van der Waals surface area contributed by atoms with Crippen molar-refractivity contribution in [3.8, 4) is 23.2 Å². The van der Waals surface area contributed by atoms with E-state index in [4.69, 9.17) is 9.47 Å². The number of para-hydroxylation sites is 1. The molecule has 0 saturated carbocycles. The van der Waals surface area contributed by atoms with Crippen molar-refractivity contribution < 1.29 is 14.3 Å². The average Bonchev–Trinajstić information content (AvgIpc) is 3.58. The maximum atomic E-state index is 12.6. The molecule has 10 heteroatoms. The first-order valence-electron chi connectivity index (χ1n) is 10.8. The predicted molar refractivity (Wildman–Crippen MR) is 125 cm³/mol.